The van der Waals surface area contributed by atoms with Crippen molar-refractivity contribution in [3.63, 3.8) is 0 Å². The van der Waals surface area contributed by atoms with E-state index in [-0.39, 0.29) is 10.6 Å². The molecule has 1 aromatic carbocycles. The van der Waals surface area contributed by atoms with Gasteiger partial charge in [0.05, 0.1) is 6.17 Å². The summed E-state index contributed by atoms with van der Waals surface area (Å²) in [6.07, 6.45) is -0.858. The van der Waals surface area contributed by atoms with Gasteiger partial charge >= 0.3 is 0 Å². The van der Waals surface area contributed by atoms with E-state index in [1.807, 2.05) is 0 Å². The van der Waals surface area contributed by atoms with Gasteiger partial charge in [-0.25, -0.2) is 4.39 Å². The van der Waals surface area contributed by atoms with Crippen molar-refractivity contribution in [2.75, 3.05) is 0 Å². The summed E-state index contributed by atoms with van der Waals surface area (Å²) in [5.41, 5.74) is 10.7. The fourth-order valence-corrected chi connectivity index (χ4v) is 1.12. The van der Waals surface area contributed by atoms with Crippen molar-refractivity contribution in [3.05, 3.63) is 34.6 Å². The lowest BCUT2D eigenvalue weighted by atomic mass is 10.2. The van der Waals surface area contributed by atoms with E-state index < -0.39 is 12.0 Å². The zero-order valence-electron chi connectivity index (χ0n) is 5.72. The highest BCUT2D eigenvalue weighted by molar-refractivity contribution is 6.31. The summed E-state index contributed by atoms with van der Waals surface area (Å²) in [5, 5.41) is 0.264. The van der Waals surface area contributed by atoms with E-state index in [1.54, 1.807) is 6.07 Å². The zero-order valence-corrected chi connectivity index (χ0v) is 6.48. The van der Waals surface area contributed by atoms with Gasteiger partial charge < -0.3 is 11.5 Å². The molecule has 0 aliphatic heterocycles. The average Bonchev–Trinajstić information content (AvgIpc) is 1.85. The molecule has 4 heteroatoms. The molecule has 1 rings (SSSR count). The second-order valence-corrected chi connectivity index (χ2v) is 2.57. The van der Waals surface area contributed by atoms with Crippen LogP contribution in [-0.2, 0) is 0 Å². The minimum Gasteiger partial charge on any atom is -0.312 e. The van der Waals surface area contributed by atoms with Crippen LogP contribution in [0.25, 0.3) is 0 Å². The van der Waals surface area contributed by atoms with Crippen molar-refractivity contribution in [1.82, 2.24) is 0 Å². The van der Waals surface area contributed by atoms with Gasteiger partial charge in [-0.3, -0.25) is 0 Å². The molecule has 11 heavy (non-hydrogen) atoms. The summed E-state index contributed by atoms with van der Waals surface area (Å²) in [6, 6.07) is 4.32. The molecule has 1 aromatic rings. The van der Waals surface area contributed by atoms with E-state index in [0.717, 1.165) is 0 Å². The number of hydrogen-bond donors (Lipinski definition) is 2. The smallest absolute Gasteiger partial charge is 0.130 e. The summed E-state index contributed by atoms with van der Waals surface area (Å²) in [6.45, 7) is 0. The molecule has 0 unspecified atom stereocenters. The Morgan fingerprint density at radius 2 is 2.00 bits per heavy atom. The zero-order chi connectivity index (χ0) is 8.43. The first-order chi connectivity index (χ1) is 5.13. The molecule has 0 aromatic heterocycles. The molecule has 0 amide bonds. The van der Waals surface area contributed by atoms with Crippen LogP contribution < -0.4 is 11.5 Å². The maximum atomic E-state index is 12.9. The van der Waals surface area contributed by atoms with Crippen molar-refractivity contribution in [3.8, 4) is 0 Å². The fourth-order valence-electron chi connectivity index (χ4n) is 0.829. The highest BCUT2D eigenvalue weighted by atomic mass is 35.5. The third-order valence-corrected chi connectivity index (χ3v) is 1.66. The first kappa shape index (κ1) is 8.46. The van der Waals surface area contributed by atoms with Gasteiger partial charge in [0.15, 0.2) is 0 Å². The van der Waals surface area contributed by atoms with Gasteiger partial charge in [-0.1, -0.05) is 17.7 Å². The predicted octanol–water partition coefficient (Wildman–Crippen LogP) is 1.40. The third-order valence-electron chi connectivity index (χ3n) is 1.33. The third kappa shape index (κ3) is 1.68. The number of hydrogen-bond acceptors (Lipinski definition) is 2. The molecule has 0 saturated carbocycles. The van der Waals surface area contributed by atoms with Gasteiger partial charge in [0.2, 0.25) is 0 Å². The highest BCUT2D eigenvalue weighted by Gasteiger charge is 2.10. The lowest BCUT2D eigenvalue weighted by Crippen LogP contribution is -2.21. The molecule has 0 aliphatic rings. The molecule has 0 radical (unpaired) electrons. The van der Waals surface area contributed by atoms with Crippen LogP contribution >= 0.6 is 11.6 Å². The lowest BCUT2D eigenvalue weighted by Gasteiger charge is -2.08. The highest BCUT2D eigenvalue weighted by Crippen LogP contribution is 2.21. The number of halogens is 2. The van der Waals surface area contributed by atoms with Crippen LogP contribution in [0.4, 0.5) is 4.39 Å². The Balaban J connectivity index is 3.21. The lowest BCUT2D eigenvalue weighted by molar-refractivity contribution is 0.588. The molecular formula is C7H8ClFN2. The summed E-state index contributed by atoms with van der Waals surface area (Å²) in [4.78, 5) is 0. The first-order valence-corrected chi connectivity index (χ1v) is 3.46. The van der Waals surface area contributed by atoms with Crippen molar-refractivity contribution in [2.24, 2.45) is 11.5 Å². The summed E-state index contributed by atoms with van der Waals surface area (Å²) in [5.74, 6) is -0.465. The van der Waals surface area contributed by atoms with Crippen LogP contribution in [0.3, 0.4) is 0 Å². The average molecular weight is 175 g/mol. The maximum Gasteiger partial charge on any atom is 0.130 e. The van der Waals surface area contributed by atoms with E-state index in [9.17, 15) is 4.39 Å². The Kier molecular flexibility index (Phi) is 2.44. The number of benzene rings is 1. The SMILES string of the molecule is NC(N)c1c(F)cccc1Cl. The molecule has 0 bridgehead atoms. The molecule has 0 spiro atoms. The second kappa shape index (κ2) is 3.17. The van der Waals surface area contributed by atoms with Gasteiger partial charge in [0, 0.05) is 10.6 Å². The van der Waals surface area contributed by atoms with Gasteiger partial charge in [-0.2, -0.15) is 0 Å². The summed E-state index contributed by atoms with van der Waals surface area (Å²) < 4.78 is 12.9. The van der Waals surface area contributed by atoms with Crippen LogP contribution in [0.1, 0.15) is 11.7 Å². The minimum atomic E-state index is -0.858. The molecular weight excluding hydrogens is 167 g/mol. The monoisotopic (exact) mass is 174 g/mol. The number of rotatable bonds is 1. The van der Waals surface area contributed by atoms with Gasteiger partial charge in [-0.05, 0) is 12.1 Å². The van der Waals surface area contributed by atoms with E-state index >= 15 is 0 Å². The Bertz CT molecular complexity index is 242. The number of nitrogens with two attached hydrogens (primary N) is 2. The normalized spacial score (nSPS) is 10.6. The molecule has 0 atom stereocenters. The van der Waals surface area contributed by atoms with E-state index in [1.165, 1.54) is 12.1 Å². The van der Waals surface area contributed by atoms with Crippen LogP contribution in [0.15, 0.2) is 18.2 Å². The predicted molar refractivity (Wildman–Crippen MR) is 42.5 cm³/mol. The summed E-state index contributed by atoms with van der Waals surface area (Å²) >= 11 is 5.62. The topological polar surface area (TPSA) is 52.0 Å². The molecule has 4 N–H and O–H groups in total. The van der Waals surface area contributed by atoms with Crippen LogP contribution in [0.5, 0.6) is 0 Å². The van der Waals surface area contributed by atoms with Crippen LogP contribution in [-0.4, -0.2) is 0 Å². The molecule has 0 heterocycles. The van der Waals surface area contributed by atoms with Crippen LogP contribution in [0, 0.1) is 5.82 Å². The maximum absolute atomic E-state index is 12.9. The van der Waals surface area contributed by atoms with Crippen molar-refractivity contribution < 1.29 is 4.39 Å². The Labute approximate surface area is 68.9 Å². The van der Waals surface area contributed by atoms with Crippen molar-refractivity contribution in [1.29, 1.82) is 0 Å². The van der Waals surface area contributed by atoms with E-state index in [0.29, 0.717) is 0 Å². The minimum absolute atomic E-state index is 0.161. The van der Waals surface area contributed by atoms with E-state index in [2.05, 4.69) is 0 Å². The van der Waals surface area contributed by atoms with Crippen molar-refractivity contribution >= 4 is 11.6 Å². The quantitative estimate of drug-likeness (QED) is 0.633. The van der Waals surface area contributed by atoms with E-state index in [4.69, 9.17) is 23.1 Å². The largest absolute Gasteiger partial charge is 0.312 e. The molecule has 0 aliphatic carbocycles. The Hall–Kier alpha value is -0.640. The van der Waals surface area contributed by atoms with Gasteiger partial charge in [-0.15, -0.1) is 0 Å². The first-order valence-electron chi connectivity index (χ1n) is 3.08. The van der Waals surface area contributed by atoms with Gasteiger partial charge in [0.25, 0.3) is 0 Å². The van der Waals surface area contributed by atoms with Gasteiger partial charge in [0.1, 0.15) is 5.82 Å². The molecule has 60 valence electrons. The summed E-state index contributed by atoms with van der Waals surface area (Å²) in [7, 11) is 0. The fraction of sp³-hybridized carbons (Fsp3) is 0.143. The molecule has 2 nitrogen and oxygen atoms in total. The second-order valence-electron chi connectivity index (χ2n) is 2.16. The van der Waals surface area contributed by atoms with Crippen molar-refractivity contribution in [2.45, 2.75) is 6.17 Å². The van der Waals surface area contributed by atoms with Crippen LogP contribution in [0.2, 0.25) is 5.02 Å². The molecule has 0 fully saturated rings. The Morgan fingerprint density at radius 3 is 2.36 bits per heavy atom. The molecule has 0 saturated heterocycles. The standard InChI is InChI=1S/C7H8ClFN2/c8-4-2-1-3-5(9)6(4)7(10)11/h1-3,7H,10-11H2. The Morgan fingerprint density at radius 1 is 1.36 bits per heavy atom.